The topological polar surface area (TPSA) is 102 Å². The maximum Gasteiger partial charge on any atom is 0.0914 e. The van der Waals surface area contributed by atoms with Crippen LogP contribution in [0.1, 0.15) is 22.3 Å². The van der Waals surface area contributed by atoms with E-state index in [-0.39, 0.29) is 0 Å². The van der Waals surface area contributed by atoms with Crippen LogP contribution in [0.5, 0.6) is 0 Å². The smallest absolute Gasteiger partial charge is 0.0914 e. The summed E-state index contributed by atoms with van der Waals surface area (Å²) in [5, 5.41) is 0. The second kappa shape index (κ2) is 13.5. The Balaban J connectivity index is 1.07. The molecule has 8 aromatic rings. The van der Waals surface area contributed by atoms with Crippen LogP contribution in [0.2, 0.25) is 0 Å². The third-order valence-corrected chi connectivity index (χ3v) is 9.02. The van der Waals surface area contributed by atoms with Gasteiger partial charge in [0.15, 0.2) is 0 Å². The number of fused-ring (bicyclic) bond motifs is 2. The highest BCUT2D eigenvalue weighted by Crippen LogP contribution is 2.34. The highest BCUT2D eigenvalue weighted by molar-refractivity contribution is 6.22. The molecule has 0 saturated heterocycles. The normalized spacial score (nSPS) is 14.1. The van der Waals surface area contributed by atoms with Crippen LogP contribution in [0.3, 0.4) is 0 Å². The molecule has 0 spiro atoms. The Morgan fingerprint density at radius 3 is 1.04 bits per heavy atom. The Morgan fingerprint density at radius 2 is 0.635 bits per heavy atom. The first-order valence-corrected chi connectivity index (χ1v) is 16.8. The summed E-state index contributed by atoms with van der Waals surface area (Å²) < 4.78 is 0. The van der Waals surface area contributed by atoms with Crippen LogP contribution in [-0.4, -0.2) is 41.3 Å². The average molecular weight is 669 g/mol. The maximum absolute atomic E-state index is 5.26. The lowest BCUT2D eigenvalue weighted by Gasteiger charge is -2.18. The summed E-state index contributed by atoms with van der Waals surface area (Å²) in [4.78, 5) is 37.0. The molecule has 1 aliphatic heterocycles. The van der Waals surface area contributed by atoms with E-state index in [1.165, 1.54) is 0 Å². The number of aliphatic imine (C=N–C) groups is 2. The van der Waals surface area contributed by atoms with Gasteiger partial charge in [0.2, 0.25) is 0 Å². The van der Waals surface area contributed by atoms with Crippen LogP contribution in [0.25, 0.3) is 44.5 Å². The van der Waals surface area contributed by atoms with Crippen LogP contribution >= 0.6 is 0 Å². The van der Waals surface area contributed by atoms with E-state index in [9.17, 15) is 0 Å². The summed E-state index contributed by atoms with van der Waals surface area (Å²) in [5.74, 6) is 0. The van der Waals surface area contributed by atoms with E-state index in [1.54, 1.807) is 37.2 Å². The molecule has 0 unspecified atom stereocenters. The van der Waals surface area contributed by atoms with Gasteiger partial charge < -0.3 is 0 Å². The Hall–Kier alpha value is -7.32. The zero-order valence-electron chi connectivity index (χ0n) is 27.7. The van der Waals surface area contributed by atoms with Crippen molar-refractivity contribution in [1.82, 2.24) is 29.9 Å². The molecule has 52 heavy (non-hydrogen) atoms. The minimum atomic E-state index is 0.730. The lowest BCUT2D eigenvalue weighted by Crippen LogP contribution is -2.10. The van der Waals surface area contributed by atoms with E-state index in [0.717, 1.165) is 89.6 Å². The average Bonchev–Trinajstić information content (AvgIpc) is 3.22. The third-order valence-electron chi connectivity index (χ3n) is 9.02. The van der Waals surface area contributed by atoms with Crippen LogP contribution in [0.15, 0.2) is 181 Å². The van der Waals surface area contributed by atoms with Gasteiger partial charge in [0.25, 0.3) is 0 Å². The molecule has 0 aliphatic carbocycles. The quantitative estimate of drug-likeness (QED) is 0.175. The van der Waals surface area contributed by atoms with Crippen LogP contribution in [0.4, 0.5) is 11.4 Å². The summed E-state index contributed by atoms with van der Waals surface area (Å²) in [7, 11) is 0. The Bertz CT molecular complexity index is 2420. The molecule has 6 aromatic heterocycles. The standard InChI is InChI=1S/C44H28N8/c1-3-33(21-45-15-1)37-19-35(23-49-25-37)29-5-9-31(10-6-29)43-39-13-17-47-27-41(39)52-44(40-14-18-48-28-42(40)51-43)32-11-7-30(8-12-32)36-20-38(26-50-24-36)34-4-2-16-46-22-34/h1-28H/b43-39?,44-40?,51-42?,51-43-,52-41?,52-44-. The molecule has 0 saturated carbocycles. The van der Waals surface area contributed by atoms with Gasteiger partial charge in [-0.25, -0.2) is 9.98 Å². The first-order valence-electron chi connectivity index (χ1n) is 16.8. The second-order valence-electron chi connectivity index (χ2n) is 12.3. The monoisotopic (exact) mass is 668 g/mol. The van der Waals surface area contributed by atoms with Crippen molar-refractivity contribution in [3.05, 3.63) is 194 Å². The van der Waals surface area contributed by atoms with E-state index in [4.69, 9.17) is 9.98 Å². The van der Waals surface area contributed by atoms with E-state index in [2.05, 4.69) is 90.6 Å². The molecule has 0 bridgehead atoms. The minimum absolute atomic E-state index is 0.730. The van der Waals surface area contributed by atoms with E-state index in [1.807, 2.05) is 73.6 Å². The van der Waals surface area contributed by atoms with Crippen LogP contribution in [0, 0.1) is 0 Å². The predicted octanol–water partition coefficient (Wildman–Crippen LogP) is 9.38. The molecule has 7 heterocycles. The van der Waals surface area contributed by atoms with Crippen molar-refractivity contribution in [2.45, 2.75) is 0 Å². The Kier molecular flexibility index (Phi) is 7.99. The number of rotatable bonds is 6. The Morgan fingerprint density at radius 1 is 0.269 bits per heavy atom. The number of hydrogen-bond donors (Lipinski definition) is 0. The zero-order valence-corrected chi connectivity index (χ0v) is 27.7. The Labute approximate surface area is 300 Å². The number of nitrogens with zero attached hydrogens (tertiary/aromatic N) is 8. The van der Waals surface area contributed by atoms with Gasteiger partial charge in [-0.05, 0) is 47.5 Å². The van der Waals surface area contributed by atoms with Crippen molar-refractivity contribution in [3.63, 3.8) is 0 Å². The molecular formula is C44H28N8. The molecule has 244 valence electrons. The van der Waals surface area contributed by atoms with Crippen molar-refractivity contribution >= 4 is 22.8 Å². The summed E-state index contributed by atoms with van der Waals surface area (Å²) in [5.41, 5.74) is 14.9. The van der Waals surface area contributed by atoms with Crippen molar-refractivity contribution in [1.29, 1.82) is 0 Å². The fourth-order valence-electron chi connectivity index (χ4n) is 6.37. The van der Waals surface area contributed by atoms with Gasteiger partial charge in [0, 0.05) is 118 Å². The third kappa shape index (κ3) is 6.05. The van der Waals surface area contributed by atoms with Gasteiger partial charge in [0.1, 0.15) is 0 Å². The van der Waals surface area contributed by atoms with Crippen LogP contribution in [-0.2, 0) is 0 Å². The molecule has 8 heteroatoms. The lowest BCUT2D eigenvalue weighted by molar-refractivity contribution is 1.26. The largest absolute Gasteiger partial charge is 0.264 e. The second-order valence-corrected chi connectivity index (χ2v) is 12.3. The first-order chi connectivity index (χ1) is 25.8. The molecule has 0 radical (unpaired) electrons. The summed E-state index contributed by atoms with van der Waals surface area (Å²) in [6.45, 7) is 0. The molecule has 0 fully saturated rings. The zero-order chi connectivity index (χ0) is 34.7. The van der Waals surface area contributed by atoms with E-state index < -0.39 is 0 Å². The molecule has 1 aliphatic rings. The maximum atomic E-state index is 5.26. The van der Waals surface area contributed by atoms with Gasteiger partial charge in [0.05, 0.1) is 35.2 Å². The van der Waals surface area contributed by atoms with Gasteiger partial charge in [-0.2, -0.15) is 0 Å². The van der Waals surface area contributed by atoms with Gasteiger partial charge in [-0.3, -0.25) is 29.9 Å². The van der Waals surface area contributed by atoms with Crippen molar-refractivity contribution in [2.75, 3.05) is 0 Å². The number of benzene rings is 2. The van der Waals surface area contributed by atoms with Crippen molar-refractivity contribution in [2.24, 2.45) is 9.98 Å². The predicted molar refractivity (Wildman–Crippen MR) is 205 cm³/mol. The fourth-order valence-corrected chi connectivity index (χ4v) is 6.37. The fraction of sp³-hybridized carbons (Fsp3) is 0. The minimum Gasteiger partial charge on any atom is -0.264 e. The molecular weight excluding hydrogens is 641 g/mol. The number of aromatic nitrogens is 6. The SMILES string of the molecule is c1cncc(-c2cncc(-c3ccc(/C4=N/c5cnccc5/C(c5ccc(-c6cncc(-c7cccnc7)c6)cc5)=N\c5cnccc54)cc3)c2)c1. The molecule has 8 nitrogen and oxygen atoms in total. The molecule has 2 aromatic carbocycles. The van der Waals surface area contributed by atoms with Crippen molar-refractivity contribution < 1.29 is 0 Å². The van der Waals surface area contributed by atoms with Crippen molar-refractivity contribution in [3.8, 4) is 44.5 Å². The van der Waals surface area contributed by atoms with Gasteiger partial charge in [-0.15, -0.1) is 0 Å². The van der Waals surface area contributed by atoms with E-state index in [0.29, 0.717) is 0 Å². The number of hydrogen-bond acceptors (Lipinski definition) is 8. The molecule has 0 amide bonds. The van der Waals surface area contributed by atoms with Gasteiger partial charge >= 0.3 is 0 Å². The number of pyridine rings is 6. The summed E-state index contributed by atoms with van der Waals surface area (Å²) in [6.07, 6.45) is 21.9. The van der Waals surface area contributed by atoms with E-state index >= 15 is 0 Å². The molecule has 0 atom stereocenters. The highest BCUT2D eigenvalue weighted by atomic mass is 14.9. The lowest BCUT2D eigenvalue weighted by atomic mass is 9.95. The summed E-state index contributed by atoms with van der Waals surface area (Å²) in [6, 6.07) is 32.9. The molecule has 0 N–H and O–H groups in total. The molecule has 9 rings (SSSR count). The van der Waals surface area contributed by atoms with Crippen LogP contribution < -0.4 is 0 Å². The summed E-state index contributed by atoms with van der Waals surface area (Å²) >= 11 is 0. The highest BCUT2D eigenvalue weighted by Gasteiger charge is 2.21. The van der Waals surface area contributed by atoms with Gasteiger partial charge in [-0.1, -0.05) is 60.7 Å². The first kappa shape index (κ1) is 30.7.